The first-order valence-electron chi connectivity index (χ1n) is 5.22. The average Bonchev–Trinajstić information content (AvgIpc) is 2.28. The molecule has 0 atom stereocenters. The molecule has 2 N–H and O–H groups in total. The molecule has 0 aliphatic carbocycles. The zero-order chi connectivity index (χ0) is 10.8. The number of hydrogen-bond donors (Lipinski definition) is 1. The molecule has 0 aliphatic rings. The van der Waals surface area contributed by atoms with Crippen LogP contribution in [0.25, 0.3) is 10.8 Å². The van der Waals surface area contributed by atoms with Gasteiger partial charge in [0.1, 0.15) is 0 Å². The topological polar surface area (TPSA) is 29.3 Å². The highest BCUT2D eigenvalue weighted by atomic mass is 15.1. The smallest absolute Gasteiger partial charge is 0.0464 e. The van der Waals surface area contributed by atoms with Gasteiger partial charge in [-0.05, 0) is 24.4 Å². The van der Waals surface area contributed by atoms with Crippen molar-refractivity contribution < 1.29 is 0 Å². The highest BCUT2D eigenvalue weighted by Crippen LogP contribution is 2.30. The SMILES string of the molecule is CCN(C)c1cccc2cccc(N)c12. The fraction of sp³-hybridized carbons (Fsp3) is 0.231. The molecule has 0 radical (unpaired) electrons. The van der Waals surface area contributed by atoms with Gasteiger partial charge in [0.25, 0.3) is 0 Å². The van der Waals surface area contributed by atoms with E-state index >= 15 is 0 Å². The monoisotopic (exact) mass is 200 g/mol. The van der Waals surface area contributed by atoms with Crippen molar-refractivity contribution in [1.29, 1.82) is 0 Å². The van der Waals surface area contributed by atoms with Crippen LogP contribution in [0, 0.1) is 0 Å². The Morgan fingerprint density at radius 2 is 1.80 bits per heavy atom. The molecule has 0 heterocycles. The number of nitrogens with two attached hydrogens (primary N) is 1. The zero-order valence-electron chi connectivity index (χ0n) is 9.20. The molecule has 2 aromatic carbocycles. The van der Waals surface area contributed by atoms with Crippen LogP contribution < -0.4 is 10.6 Å². The lowest BCUT2D eigenvalue weighted by atomic mass is 10.1. The van der Waals surface area contributed by atoms with Crippen molar-refractivity contribution in [3.63, 3.8) is 0 Å². The lowest BCUT2D eigenvalue weighted by molar-refractivity contribution is 0.974. The quantitative estimate of drug-likeness (QED) is 0.755. The molecule has 2 nitrogen and oxygen atoms in total. The van der Waals surface area contributed by atoms with Crippen LogP contribution >= 0.6 is 0 Å². The zero-order valence-corrected chi connectivity index (χ0v) is 9.20. The molecule has 0 fully saturated rings. The van der Waals surface area contributed by atoms with Crippen LogP contribution in [0.15, 0.2) is 36.4 Å². The summed E-state index contributed by atoms with van der Waals surface area (Å²) in [7, 11) is 2.08. The molecule has 0 aliphatic heterocycles. The van der Waals surface area contributed by atoms with E-state index in [4.69, 9.17) is 5.73 Å². The third-order valence-corrected chi connectivity index (χ3v) is 2.80. The highest BCUT2D eigenvalue weighted by molar-refractivity contribution is 6.02. The lowest BCUT2D eigenvalue weighted by Crippen LogP contribution is -2.16. The summed E-state index contributed by atoms with van der Waals surface area (Å²) in [5.74, 6) is 0. The maximum absolute atomic E-state index is 6.02. The van der Waals surface area contributed by atoms with E-state index in [1.165, 1.54) is 11.1 Å². The predicted octanol–water partition coefficient (Wildman–Crippen LogP) is 2.88. The first kappa shape index (κ1) is 9.84. The largest absolute Gasteiger partial charge is 0.398 e. The first-order valence-corrected chi connectivity index (χ1v) is 5.22. The fourth-order valence-electron chi connectivity index (χ4n) is 1.84. The van der Waals surface area contributed by atoms with Crippen LogP contribution in [0.3, 0.4) is 0 Å². The Balaban J connectivity index is 2.74. The summed E-state index contributed by atoms with van der Waals surface area (Å²) in [5, 5.41) is 2.36. The molecule has 2 rings (SSSR count). The van der Waals surface area contributed by atoms with Gasteiger partial charge in [-0.3, -0.25) is 0 Å². The summed E-state index contributed by atoms with van der Waals surface area (Å²) >= 11 is 0. The predicted molar refractivity (Wildman–Crippen MR) is 67.3 cm³/mol. The van der Waals surface area contributed by atoms with Gasteiger partial charge in [0.15, 0.2) is 0 Å². The van der Waals surface area contributed by atoms with Gasteiger partial charge in [0, 0.05) is 30.4 Å². The second-order valence-corrected chi connectivity index (χ2v) is 3.74. The van der Waals surface area contributed by atoms with Crippen molar-refractivity contribution >= 4 is 22.1 Å². The Morgan fingerprint density at radius 1 is 1.13 bits per heavy atom. The van der Waals surface area contributed by atoms with Crippen LogP contribution in [0.5, 0.6) is 0 Å². The molecule has 0 unspecified atom stereocenters. The minimum Gasteiger partial charge on any atom is -0.398 e. The molecule has 0 bridgehead atoms. The van der Waals surface area contributed by atoms with E-state index in [0.717, 1.165) is 17.6 Å². The standard InChI is InChI=1S/C13H16N2/c1-3-15(2)12-9-5-7-10-6-4-8-11(14)13(10)12/h4-9H,3,14H2,1-2H3. The maximum atomic E-state index is 6.02. The Morgan fingerprint density at radius 3 is 2.47 bits per heavy atom. The van der Waals surface area contributed by atoms with E-state index in [9.17, 15) is 0 Å². The molecule has 0 spiro atoms. The summed E-state index contributed by atoms with van der Waals surface area (Å²) in [4.78, 5) is 2.21. The molecule has 2 aromatic rings. The van der Waals surface area contributed by atoms with Crippen molar-refractivity contribution in [2.24, 2.45) is 0 Å². The molecule has 0 saturated carbocycles. The summed E-state index contributed by atoms with van der Waals surface area (Å²) in [6.45, 7) is 3.12. The highest BCUT2D eigenvalue weighted by Gasteiger charge is 2.06. The number of anilines is 2. The second-order valence-electron chi connectivity index (χ2n) is 3.74. The van der Waals surface area contributed by atoms with Crippen LogP contribution in [-0.4, -0.2) is 13.6 Å². The third-order valence-electron chi connectivity index (χ3n) is 2.80. The number of benzene rings is 2. The molecular weight excluding hydrogens is 184 g/mol. The minimum atomic E-state index is 0.850. The van der Waals surface area contributed by atoms with E-state index in [2.05, 4.69) is 43.1 Å². The molecule has 0 aromatic heterocycles. The van der Waals surface area contributed by atoms with E-state index < -0.39 is 0 Å². The maximum Gasteiger partial charge on any atom is 0.0464 e. The summed E-state index contributed by atoms with van der Waals surface area (Å²) in [6.07, 6.45) is 0. The number of rotatable bonds is 2. The van der Waals surface area contributed by atoms with Gasteiger partial charge in [-0.15, -0.1) is 0 Å². The van der Waals surface area contributed by atoms with Crippen LogP contribution in [0.2, 0.25) is 0 Å². The van der Waals surface area contributed by atoms with E-state index in [1.807, 2.05) is 12.1 Å². The normalized spacial score (nSPS) is 10.5. The number of nitrogens with zero attached hydrogens (tertiary/aromatic N) is 1. The van der Waals surface area contributed by atoms with Crippen molar-refractivity contribution in [2.45, 2.75) is 6.92 Å². The molecule has 0 amide bonds. The van der Waals surface area contributed by atoms with Gasteiger partial charge in [-0.25, -0.2) is 0 Å². The van der Waals surface area contributed by atoms with Gasteiger partial charge in [0.2, 0.25) is 0 Å². The number of nitrogen functional groups attached to an aromatic ring is 1. The van der Waals surface area contributed by atoms with E-state index in [0.29, 0.717) is 0 Å². The third kappa shape index (κ3) is 1.63. The summed E-state index contributed by atoms with van der Waals surface area (Å²) in [6, 6.07) is 12.3. The van der Waals surface area contributed by atoms with Crippen molar-refractivity contribution in [3.8, 4) is 0 Å². The van der Waals surface area contributed by atoms with Crippen molar-refractivity contribution in [3.05, 3.63) is 36.4 Å². The minimum absolute atomic E-state index is 0.850. The Bertz CT molecular complexity index is 472. The molecule has 78 valence electrons. The van der Waals surface area contributed by atoms with Crippen LogP contribution in [0.1, 0.15) is 6.92 Å². The molecule has 2 heteroatoms. The van der Waals surface area contributed by atoms with Gasteiger partial charge in [-0.2, -0.15) is 0 Å². The molecule has 0 saturated heterocycles. The Labute approximate surface area is 90.3 Å². The van der Waals surface area contributed by atoms with Crippen molar-refractivity contribution in [2.75, 3.05) is 24.2 Å². The first-order chi connectivity index (χ1) is 7.24. The summed E-state index contributed by atoms with van der Waals surface area (Å²) in [5.41, 5.74) is 8.08. The average molecular weight is 200 g/mol. The summed E-state index contributed by atoms with van der Waals surface area (Å²) < 4.78 is 0. The molecule has 15 heavy (non-hydrogen) atoms. The second kappa shape index (κ2) is 3.81. The number of hydrogen-bond acceptors (Lipinski definition) is 2. The lowest BCUT2D eigenvalue weighted by Gasteiger charge is -2.19. The van der Waals surface area contributed by atoms with Gasteiger partial charge in [-0.1, -0.05) is 24.3 Å². The number of fused-ring (bicyclic) bond motifs is 1. The Kier molecular flexibility index (Phi) is 2.50. The fourth-order valence-corrected chi connectivity index (χ4v) is 1.84. The van der Waals surface area contributed by atoms with Gasteiger partial charge >= 0.3 is 0 Å². The van der Waals surface area contributed by atoms with Crippen LogP contribution in [0.4, 0.5) is 11.4 Å². The van der Waals surface area contributed by atoms with Crippen molar-refractivity contribution in [1.82, 2.24) is 0 Å². The van der Waals surface area contributed by atoms with Gasteiger partial charge < -0.3 is 10.6 Å². The Hall–Kier alpha value is -1.70. The van der Waals surface area contributed by atoms with Gasteiger partial charge in [0.05, 0.1) is 0 Å². The van der Waals surface area contributed by atoms with E-state index in [1.54, 1.807) is 0 Å². The molecular formula is C13H16N2. The van der Waals surface area contributed by atoms with Crippen LogP contribution in [-0.2, 0) is 0 Å². The van der Waals surface area contributed by atoms with E-state index in [-0.39, 0.29) is 0 Å².